The minimum absolute atomic E-state index is 0.0579. The fourth-order valence-corrected chi connectivity index (χ4v) is 0.886. The third-order valence-electron chi connectivity index (χ3n) is 1.25. The normalized spacial score (nSPS) is 12.1. The van der Waals surface area contributed by atoms with Crippen LogP contribution in [-0.4, -0.2) is 9.78 Å². The third kappa shape index (κ3) is 1.53. The summed E-state index contributed by atoms with van der Waals surface area (Å²) in [5, 5.41) is 3.27. The van der Waals surface area contributed by atoms with E-state index >= 15 is 0 Å². The summed E-state index contributed by atoms with van der Waals surface area (Å²) in [5.41, 5.74) is 0.481. The lowest BCUT2D eigenvalue weighted by molar-refractivity contribution is -0.213. The number of halogens is 3. The number of nitrogens with zero attached hydrogens (tertiary/aromatic N) is 2. The highest BCUT2D eigenvalue weighted by Gasteiger charge is 2.33. The van der Waals surface area contributed by atoms with E-state index in [2.05, 4.69) is 5.10 Å². The van der Waals surface area contributed by atoms with E-state index in [9.17, 15) is 13.2 Å². The van der Waals surface area contributed by atoms with Crippen molar-refractivity contribution in [2.24, 2.45) is 0 Å². The maximum Gasteiger partial charge on any atom is 0.504 e. The Labute approximate surface area is 61.6 Å². The van der Waals surface area contributed by atoms with E-state index in [0.29, 0.717) is 5.69 Å². The lowest BCUT2D eigenvalue weighted by atomic mass is 10.4. The predicted molar refractivity (Wildman–Crippen MR) is 33.0 cm³/mol. The van der Waals surface area contributed by atoms with Crippen molar-refractivity contribution in [3.05, 3.63) is 17.5 Å². The summed E-state index contributed by atoms with van der Waals surface area (Å²) in [6.45, 7) is 2.89. The van der Waals surface area contributed by atoms with E-state index < -0.39 is 6.30 Å². The highest BCUT2D eigenvalue weighted by atomic mass is 19.4. The molecule has 0 atom stereocenters. The first-order valence-corrected chi connectivity index (χ1v) is 3.02. The van der Waals surface area contributed by atoms with Crippen LogP contribution in [0.15, 0.2) is 6.07 Å². The summed E-state index contributed by atoms with van der Waals surface area (Å²) in [6, 6.07) is 1.38. The molecule has 11 heavy (non-hydrogen) atoms. The molecule has 1 rings (SSSR count). The van der Waals surface area contributed by atoms with Gasteiger partial charge in [-0.05, 0) is 19.9 Å². The zero-order valence-electron chi connectivity index (χ0n) is 6.11. The molecule has 1 aromatic heterocycles. The van der Waals surface area contributed by atoms with Crippen LogP contribution in [0, 0.1) is 13.8 Å². The summed E-state index contributed by atoms with van der Waals surface area (Å²) in [5.74, 6) is 0. The Hall–Kier alpha value is -1.00. The molecule has 0 aromatic carbocycles. The fourth-order valence-electron chi connectivity index (χ4n) is 0.886. The molecular formula is C6H7F3N2. The number of hydrogen-bond acceptors (Lipinski definition) is 1. The molecule has 1 aromatic rings. The maximum atomic E-state index is 12.0. The molecule has 0 radical (unpaired) electrons. The van der Waals surface area contributed by atoms with Crippen LogP contribution in [0.4, 0.5) is 13.2 Å². The number of hydrogen-bond donors (Lipinski definition) is 0. The van der Waals surface area contributed by atoms with E-state index in [1.54, 1.807) is 0 Å². The molecule has 0 fully saturated rings. The first-order chi connectivity index (χ1) is 4.91. The Morgan fingerprint density at radius 3 is 2.09 bits per heavy atom. The third-order valence-corrected chi connectivity index (χ3v) is 1.25. The molecule has 0 unspecified atom stereocenters. The molecule has 2 nitrogen and oxygen atoms in total. The predicted octanol–water partition coefficient (Wildman–Crippen LogP) is 1.98. The minimum atomic E-state index is -4.39. The second-order valence-corrected chi connectivity index (χ2v) is 2.31. The zero-order chi connectivity index (χ0) is 8.65. The van der Waals surface area contributed by atoms with Crippen LogP contribution in [-0.2, 0) is 6.30 Å². The molecular weight excluding hydrogens is 157 g/mol. The van der Waals surface area contributed by atoms with Gasteiger partial charge in [-0.2, -0.15) is 9.78 Å². The quantitative estimate of drug-likeness (QED) is 0.573. The van der Waals surface area contributed by atoms with E-state index in [1.807, 2.05) is 0 Å². The van der Waals surface area contributed by atoms with Gasteiger partial charge in [0.1, 0.15) is 0 Å². The highest BCUT2D eigenvalue weighted by molar-refractivity contribution is 5.06. The average Bonchev–Trinajstić information content (AvgIpc) is 2.08. The van der Waals surface area contributed by atoms with Crippen LogP contribution < -0.4 is 0 Å². The summed E-state index contributed by atoms with van der Waals surface area (Å²) >= 11 is 0. The summed E-state index contributed by atoms with van der Waals surface area (Å²) in [6.07, 6.45) is -4.39. The average molecular weight is 164 g/mol. The van der Waals surface area contributed by atoms with Gasteiger partial charge in [0.05, 0.1) is 5.69 Å². The van der Waals surface area contributed by atoms with E-state index in [4.69, 9.17) is 0 Å². The lowest BCUT2D eigenvalue weighted by Gasteiger charge is -2.06. The first-order valence-electron chi connectivity index (χ1n) is 3.02. The Bertz CT molecular complexity index is 261. The number of alkyl halides is 3. The van der Waals surface area contributed by atoms with Crippen molar-refractivity contribution < 1.29 is 13.2 Å². The summed E-state index contributed by atoms with van der Waals surface area (Å²) in [4.78, 5) is 0. The van der Waals surface area contributed by atoms with Crippen LogP contribution in [0.5, 0.6) is 0 Å². The van der Waals surface area contributed by atoms with Crippen molar-refractivity contribution in [1.29, 1.82) is 0 Å². The van der Waals surface area contributed by atoms with E-state index in [0.717, 1.165) is 0 Å². The van der Waals surface area contributed by atoms with Crippen LogP contribution in [0.25, 0.3) is 0 Å². The Kier molecular flexibility index (Phi) is 1.66. The molecule has 0 aliphatic carbocycles. The van der Waals surface area contributed by atoms with Gasteiger partial charge in [0.2, 0.25) is 0 Å². The minimum Gasteiger partial charge on any atom is -0.176 e. The lowest BCUT2D eigenvalue weighted by Crippen LogP contribution is -2.19. The van der Waals surface area contributed by atoms with Crippen molar-refractivity contribution in [2.75, 3.05) is 0 Å². The molecule has 0 N–H and O–H groups in total. The van der Waals surface area contributed by atoms with Gasteiger partial charge in [-0.1, -0.05) is 0 Å². The van der Waals surface area contributed by atoms with E-state index in [1.165, 1.54) is 19.9 Å². The zero-order valence-corrected chi connectivity index (χ0v) is 6.11. The van der Waals surface area contributed by atoms with Gasteiger partial charge in [-0.15, -0.1) is 13.2 Å². The van der Waals surface area contributed by atoms with Gasteiger partial charge in [0, 0.05) is 5.69 Å². The van der Waals surface area contributed by atoms with Gasteiger partial charge in [-0.25, -0.2) is 0 Å². The molecule has 0 bridgehead atoms. The molecule has 0 aliphatic rings. The van der Waals surface area contributed by atoms with Crippen LogP contribution in [0.3, 0.4) is 0 Å². The van der Waals surface area contributed by atoms with Crippen LogP contribution in [0.1, 0.15) is 11.4 Å². The Morgan fingerprint density at radius 1 is 1.36 bits per heavy atom. The number of aromatic nitrogens is 2. The van der Waals surface area contributed by atoms with Crippen molar-refractivity contribution in [2.45, 2.75) is 20.1 Å². The largest absolute Gasteiger partial charge is 0.504 e. The monoisotopic (exact) mass is 164 g/mol. The summed E-state index contributed by atoms with van der Waals surface area (Å²) in [7, 11) is 0. The van der Waals surface area contributed by atoms with Gasteiger partial charge in [0.15, 0.2) is 0 Å². The highest BCUT2D eigenvalue weighted by Crippen LogP contribution is 2.23. The second kappa shape index (κ2) is 2.25. The van der Waals surface area contributed by atoms with Gasteiger partial charge >= 0.3 is 6.30 Å². The maximum absolute atomic E-state index is 12.0. The van der Waals surface area contributed by atoms with E-state index in [-0.39, 0.29) is 10.4 Å². The van der Waals surface area contributed by atoms with Crippen molar-refractivity contribution in [3.8, 4) is 0 Å². The van der Waals surface area contributed by atoms with Gasteiger partial charge in [0.25, 0.3) is 0 Å². The van der Waals surface area contributed by atoms with Gasteiger partial charge < -0.3 is 0 Å². The summed E-state index contributed by atoms with van der Waals surface area (Å²) < 4.78 is 35.9. The first kappa shape index (κ1) is 8.10. The molecule has 0 amide bonds. The van der Waals surface area contributed by atoms with Crippen LogP contribution in [0.2, 0.25) is 0 Å². The standard InChI is InChI=1S/C6H7F3N2/c1-4-3-5(2)11(10-4)6(7,8)9/h3H,1-2H3. The molecule has 0 saturated heterocycles. The SMILES string of the molecule is Cc1cc(C)n(C(F)(F)F)n1. The Balaban J connectivity index is 3.13. The second-order valence-electron chi connectivity index (χ2n) is 2.31. The molecule has 0 saturated carbocycles. The molecule has 0 aliphatic heterocycles. The molecule has 0 spiro atoms. The van der Waals surface area contributed by atoms with Crippen molar-refractivity contribution in [3.63, 3.8) is 0 Å². The molecule has 5 heteroatoms. The molecule has 62 valence electrons. The number of aryl methyl sites for hydroxylation is 2. The number of rotatable bonds is 0. The van der Waals surface area contributed by atoms with Gasteiger partial charge in [-0.3, -0.25) is 0 Å². The van der Waals surface area contributed by atoms with Crippen molar-refractivity contribution in [1.82, 2.24) is 9.78 Å². The van der Waals surface area contributed by atoms with Crippen LogP contribution >= 0.6 is 0 Å². The smallest absolute Gasteiger partial charge is 0.176 e. The Morgan fingerprint density at radius 2 is 1.91 bits per heavy atom. The topological polar surface area (TPSA) is 17.8 Å². The van der Waals surface area contributed by atoms with Crippen molar-refractivity contribution >= 4 is 0 Å². The molecule has 1 heterocycles. The fraction of sp³-hybridized carbons (Fsp3) is 0.500.